The third kappa shape index (κ3) is 7.88. The van der Waals surface area contributed by atoms with Gasteiger partial charge in [0.05, 0.1) is 6.61 Å². The van der Waals surface area contributed by atoms with Gasteiger partial charge in [-0.25, -0.2) is 4.79 Å². The number of hydrogen-bond donors (Lipinski definition) is 2. The zero-order chi connectivity index (χ0) is 17.5. The summed E-state index contributed by atoms with van der Waals surface area (Å²) in [5.74, 6) is 0.776. The van der Waals surface area contributed by atoms with Crippen LogP contribution in [0.2, 0.25) is 0 Å². The lowest BCUT2D eigenvalue weighted by atomic mass is 10.1. The molecule has 1 rings (SSSR count). The molecule has 0 saturated heterocycles. The smallest absolute Gasteiger partial charge is 0.407 e. The van der Waals surface area contributed by atoms with Crippen LogP contribution in [0.25, 0.3) is 0 Å². The predicted octanol–water partition coefficient (Wildman–Crippen LogP) is 3.29. The molecule has 0 bridgehead atoms. The molecule has 0 aliphatic heterocycles. The van der Waals surface area contributed by atoms with Gasteiger partial charge in [-0.05, 0) is 59.1 Å². The maximum atomic E-state index is 11.7. The number of carbonyl (C=O) groups is 1. The van der Waals surface area contributed by atoms with Gasteiger partial charge < -0.3 is 19.9 Å². The first kappa shape index (κ1) is 19.3. The van der Waals surface area contributed by atoms with Gasteiger partial charge in [0.1, 0.15) is 17.5 Å². The van der Waals surface area contributed by atoms with Crippen molar-refractivity contribution in [2.45, 2.75) is 65.2 Å². The Morgan fingerprint density at radius 3 is 2.52 bits per heavy atom. The van der Waals surface area contributed by atoms with Gasteiger partial charge in [0.2, 0.25) is 0 Å². The van der Waals surface area contributed by atoms with Crippen molar-refractivity contribution in [1.82, 2.24) is 5.32 Å². The number of rotatable bonds is 7. The third-order valence-electron chi connectivity index (χ3n) is 3.17. The van der Waals surface area contributed by atoms with Crippen LogP contribution in [-0.4, -0.2) is 35.6 Å². The zero-order valence-electron chi connectivity index (χ0n) is 14.8. The number of benzene rings is 1. The predicted molar refractivity (Wildman–Crippen MR) is 90.8 cm³/mol. The van der Waals surface area contributed by atoms with E-state index in [2.05, 4.69) is 5.32 Å². The molecule has 130 valence electrons. The fourth-order valence-electron chi connectivity index (χ4n) is 2.03. The second kappa shape index (κ2) is 8.77. The highest BCUT2D eigenvalue weighted by atomic mass is 16.6. The molecule has 0 spiro atoms. The van der Waals surface area contributed by atoms with Crippen LogP contribution in [-0.2, 0) is 11.2 Å². The van der Waals surface area contributed by atoms with E-state index >= 15 is 0 Å². The topological polar surface area (TPSA) is 67.8 Å². The van der Waals surface area contributed by atoms with Gasteiger partial charge in [-0.1, -0.05) is 18.2 Å². The zero-order valence-corrected chi connectivity index (χ0v) is 14.8. The fraction of sp³-hybridized carbons (Fsp3) is 0.611. The molecule has 0 heterocycles. The second-order valence-corrected chi connectivity index (χ2v) is 6.80. The lowest BCUT2D eigenvalue weighted by Gasteiger charge is -2.22. The van der Waals surface area contributed by atoms with E-state index < -0.39 is 11.7 Å². The molecule has 2 atom stereocenters. The Morgan fingerprint density at radius 2 is 1.91 bits per heavy atom. The lowest BCUT2D eigenvalue weighted by molar-refractivity contribution is 0.0506. The van der Waals surface area contributed by atoms with Crippen LogP contribution in [0.15, 0.2) is 24.3 Å². The first-order chi connectivity index (χ1) is 10.7. The van der Waals surface area contributed by atoms with E-state index in [0.717, 1.165) is 24.2 Å². The van der Waals surface area contributed by atoms with Crippen molar-refractivity contribution in [2.75, 3.05) is 6.61 Å². The molecule has 5 heteroatoms. The summed E-state index contributed by atoms with van der Waals surface area (Å²) < 4.78 is 11.0. The van der Waals surface area contributed by atoms with Gasteiger partial charge >= 0.3 is 6.09 Å². The molecule has 2 N–H and O–H groups in total. The summed E-state index contributed by atoms with van der Waals surface area (Å²) in [7, 11) is 0. The highest BCUT2D eigenvalue weighted by Gasteiger charge is 2.18. The van der Waals surface area contributed by atoms with Crippen LogP contribution >= 0.6 is 0 Å². The normalized spacial score (nSPS) is 14.0. The van der Waals surface area contributed by atoms with E-state index in [4.69, 9.17) is 14.6 Å². The Morgan fingerprint density at radius 1 is 1.26 bits per heavy atom. The Hall–Kier alpha value is -1.75. The highest BCUT2D eigenvalue weighted by Crippen LogP contribution is 2.21. The number of aliphatic hydroxyl groups excluding tert-OH is 1. The highest BCUT2D eigenvalue weighted by molar-refractivity contribution is 5.68. The van der Waals surface area contributed by atoms with E-state index in [1.165, 1.54) is 0 Å². The first-order valence-corrected chi connectivity index (χ1v) is 8.06. The number of amides is 1. The minimum atomic E-state index is -0.495. The van der Waals surface area contributed by atoms with Gasteiger partial charge in [-0.3, -0.25) is 0 Å². The minimum absolute atomic E-state index is 0.00632. The van der Waals surface area contributed by atoms with Gasteiger partial charge in [-0.2, -0.15) is 0 Å². The quantitative estimate of drug-likeness (QED) is 0.808. The van der Waals surface area contributed by atoms with E-state index in [1.54, 1.807) is 0 Å². The van der Waals surface area contributed by atoms with Crippen molar-refractivity contribution in [2.24, 2.45) is 0 Å². The van der Waals surface area contributed by atoms with Crippen LogP contribution in [0.4, 0.5) is 4.79 Å². The van der Waals surface area contributed by atoms with Crippen molar-refractivity contribution >= 4 is 6.09 Å². The molecule has 1 aromatic carbocycles. The molecule has 0 aliphatic rings. The first-order valence-electron chi connectivity index (χ1n) is 8.06. The van der Waals surface area contributed by atoms with Crippen molar-refractivity contribution in [3.8, 4) is 5.75 Å². The summed E-state index contributed by atoms with van der Waals surface area (Å²) in [5.41, 5.74) is 0.565. The summed E-state index contributed by atoms with van der Waals surface area (Å²) in [6, 6.07) is 7.75. The summed E-state index contributed by atoms with van der Waals surface area (Å²) in [6.07, 6.45) is 0.898. The van der Waals surface area contributed by atoms with Crippen LogP contribution in [0.3, 0.4) is 0 Å². The van der Waals surface area contributed by atoms with Crippen LogP contribution in [0.5, 0.6) is 5.75 Å². The number of carbonyl (C=O) groups excluding carboxylic acids is 1. The number of nitrogens with one attached hydrogen (secondary N) is 1. The summed E-state index contributed by atoms with van der Waals surface area (Å²) >= 11 is 0. The van der Waals surface area contributed by atoms with Crippen LogP contribution in [0.1, 0.15) is 46.6 Å². The summed E-state index contributed by atoms with van der Waals surface area (Å²) in [5, 5.41) is 11.9. The molecule has 0 unspecified atom stereocenters. The molecule has 5 nitrogen and oxygen atoms in total. The van der Waals surface area contributed by atoms with E-state index in [9.17, 15) is 4.79 Å². The maximum absolute atomic E-state index is 11.7. The monoisotopic (exact) mass is 323 g/mol. The molecule has 0 radical (unpaired) electrons. The molecule has 0 aromatic heterocycles. The average molecular weight is 323 g/mol. The van der Waals surface area contributed by atoms with Crippen molar-refractivity contribution in [3.63, 3.8) is 0 Å². The number of aryl methyl sites for hydroxylation is 1. The average Bonchev–Trinajstić information content (AvgIpc) is 2.44. The van der Waals surface area contributed by atoms with Gasteiger partial charge in [0.25, 0.3) is 0 Å². The molecule has 0 saturated carbocycles. The molecular formula is C18H29NO4. The third-order valence-corrected chi connectivity index (χ3v) is 3.17. The Bertz CT molecular complexity index is 496. The summed E-state index contributed by atoms with van der Waals surface area (Å²) in [6.45, 7) is 9.27. The van der Waals surface area contributed by atoms with Crippen LogP contribution in [0, 0.1) is 0 Å². The SMILES string of the molecule is C[C@H](CCc1ccccc1O[C@H](C)CO)NC(=O)OC(C)(C)C. The lowest BCUT2D eigenvalue weighted by Crippen LogP contribution is -2.37. The van der Waals surface area contributed by atoms with Crippen molar-refractivity contribution in [1.29, 1.82) is 0 Å². The van der Waals surface area contributed by atoms with E-state index in [0.29, 0.717) is 0 Å². The van der Waals surface area contributed by atoms with Gasteiger partial charge in [0, 0.05) is 6.04 Å². The summed E-state index contributed by atoms with van der Waals surface area (Å²) in [4.78, 5) is 11.7. The molecule has 1 aromatic rings. The number of ether oxygens (including phenoxy) is 2. The molecule has 1 amide bonds. The Labute approximate surface area is 139 Å². The van der Waals surface area contributed by atoms with E-state index in [-0.39, 0.29) is 18.8 Å². The molecule has 0 fully saturated rings. The molecule has 23 heavy (non-hydrogen) atoms. The molecular weight excluding hydrogens is 294 g/mol. The van der Waals surface area contributed by atoms with Crippen molar-refractivity contribution < 1.29 is 19.4 Å². The molecule has 0 aliphatic carbocycles. The largest absolute Gasteiger partial charge is 0.488 e. The van der Waals surface area contributed by atoms with Gasteiger partial charge in [-0.15, -0.1) is 0 Å². The Balaban J connectivity index is 2.53. The van der Waals surface area contributed by atoms with Gasteiger partial charge in [0.15, 0.2) is 0 Å². The number of hydrogen-bond acceptors (Lipinski definition) is 4. The standard InChI is InChI=1S/C18H29NO4/c1-13(19-17(21)23-18(3,4)5)10-11-15-8-6-7-9-16(15)22-14(2)12-20/h6-9,13-14,20H,10-12H2,1-5H3,(H,19,21)/t13-,14-/m1/s1. The van der Waals surface area contributed by atoms with Crippen LogP contribution < -0.4 is 10.1 Å². The number of alkyl carbamates (subject to hydrolysis) is 1. The number of aliphatic hydroxyl groups is 1. The number of para-hydroxylation sites is 1. The Kier molecular flexibility index (Phi) is 7.36. The van der Waals surface area contributed by atoms with Crippen molar-refractivity contribution in [3.05, 3.63) is 29.8 Å². The minimum Gasteiger partial charge on any atom is -0.488 e. The maximum Gasteiger partial charge on any atom is 0.407 e. The fourth-order valence-corrected chi connectivity index (χ4v) is 2.03. The second-order valence-electron chi connectivity index (χ2n) is 6.80. The van der Waals surface area contributed by atoms with E-state index in [1.807, 2.05) is 58.9 Å².